The molecule has 1 atom stereocenters. The summed E-state index contributed by atoms with van der Waals surface area (Å²) >= 11 is 6.46. The average Bonchev–Trinajstić information content (AvgIpc) is 2.63. The lowest BCUT2D eigenvalue weighted by Gasteiger charge is -2.22. The van der Waals surface area contributed by atoms with Crippen molar-refractivity contribution in [2.75, 3.05) is 20.3 Å². The van der Waals surface area contributed by atoms with Gasteiger partial charge in [-0.3, -0.25) is 0 Å². The van der Waals surface area contributed by atoms with E-state index in [0.29, 0.717) is 4.00 Å². The van der Waals surface area contributed by atoms with E-state index in [2.05, 4.69) is 31.3 Å². The Hall–Kier alpha value is -0.210. The highest BCUT2D eigenvalue weighted by atomic mass is 35.5. The van der Waals surface area contributed by atoms with Crippen LogP contribution < -0.4 is 0 Å². The zero-order valence-electron chi connectivity index (χ0n) is 11.5. The predicted molar refractivity (Wildman–Crippen MR) is 75.4 cm³/mol. The number of hydrogen-bond acceptors (Lipinski definition) is 1. The molecule has 2 nitrogen and oxygen atoms in total. The highest BCUT2D eigenvalue weighted by Gasteiger charge is 2.28. The lowest BCUT2D eigenvalue weighted by Crippen LogP contribution is -2.35. The Morgan fingerprint density at radius 2 is 1.65 bits per heavy atom. The second-order valence-corrected chi connectivity index (χ2v) is 5.99. The summed E-state index contributed by atoms with van der Waals surface area (Å²) in [7, 11) is 2.08. The third kappa shape index (κ3) is 6.32. The highest BCUT2D eigenvalue weighted by molar-refractivity contribution is 6.07. The molecule has 0 radical (unpaired) electrons. The van der Waals surface area contributed by atoms with Crippen molar-refractivity contribution in [3.8, 4) is 0 Å². The molecule has 0 aliphatic carbocycles. The van der Waals surface area contributed by atoms with Crippen LogP contribution in [0, 0.1) is 0 Å². The molecule has 1 aliphatic rings. The number of nitrogens with zero attached hydrogens (tertiary/aromatic N) is 2. The third-order valence-corrected chi connectivity index (χ3v) is 3.82. The van der Waals surface area contributed by atoms with Crippen LogP contribution in [0.3, 0.4) is 0 Å². The van der Waals surface area contributed by atoms with Gasteiger partial charge in [-0.1, -0.05) is 45.4 Å². The molecule has 0 bridgehead atoms. The molecule has 3 heteroatoms. The Kier molecular flexibility index (Phi) is 6.98. The fourth-order valence-electron chi connectivity index (χ4n) is 2.35. The summed E-state index contributed by atoms with van der Waals surface area (Å²) in [6.07, 6.45) is 15.1. The Labute approximate surface area is 112 Å². The first-order valence-electron chi connectivity index (χ1n) is 7.12. The molecule has 0 aromatic heterocycles. The van der Waals surface area contributed by atoms with E-state index in [0.717, 1.165) is 13.2 Å². The van der Waals surface area contributed by atoms with Gasteiger partial charge in [-0.15, -0.1) is 0 Å². The summed E-state index contributed by atoms with van der Waals surface area (Å²) in [5, 5.41) is 0. The minimum Gasteiger partial charge on any atom is -0.328 e. The number of rotatable bonds is 9. The van der Waals surface area contributed by atoms with Crippen LogP contribution in [0.25, 0.3) is 0 Å². The molecular formula is C14H28ClN2+. The second kappa shape index (κ2) is 7.99. The fourth-order valence-corrected chi connectivity index (χ4v) is 2.69. The molecule has 0 N–H and O–H groups in total. The summed E-state index contributed by atoms with van der Waals surface area (Å²) in [5.74, 6) is 0. The number of quaternary nitrogens is 1. The van der Waals surface area contributed by atoms with Crippen molar-refractivity contribution in [1.82, 2.24) is 4.90 Å². The molecule has 0 aromatic carbocycles. The fraction of sp³-hybridized carbons (Fsp3) is 0.857. The van der Waals surface area contributed by atoms with Gasteiger partial charge in [-0.05, 0) is 12.8 Å². The third-order valence-electron chi connectivity index (χ3n) is 3.43. The van der Waals surface area contributed by atoms with E-state index in [4.69, 9.17) is 11.8 Å². The summed E-state index contributed by atoms with van der Waals surface area (Å²) in [4.78, 5) is 2.15. The molecule has 0 aromatic rings. The number of hydrogen-bond donors (Lipinski definition) is 0. The maximum absolute atomic E-state index is 6.46. The van der Waals surface area contributed by atoms with E-state index in [9.17, 15) is 0 Å². The number of halogens is 1. The van der Waals surface area contributed by atoms with Crippen molar-refractivity contribution in [3.63, 3.8) is 0 Å². The van der Waals surface area contributed by atoms with Crippen molar-refractivity contribution in [2.45, 2.75) is 58.3 Å². The SMILES string of the molecule is CCCCCCCCCC[N+]1(Cl)C=CN(C)C1. The maximum Gasteiger partial charge on any atom is 0.175 e. The lowest BCUT2D eigenvalue weighted by atomic mass is 10.1. The van der Waals surface area contributed by atoms with E-state index in [1.165, 1.54) is 51.4 Å². The Balaban J connectivity index is 1.92. The van der Waals surface area contributed by atoms with Crippen LogP contribution in [0.1, 0.15) is 58.3 Å². The summed E-state index contributed by atoms with van der Waals surface area (Å²) in [6, 6.07) is 0. The van der Waals surface area contributed by atoms with Crippen LogP contribution in [-0.4, -0.2) is 29.2 Å². The molecule has 100 valence electrons. The Morgan fingerprint density at radius 3 is 2.18 bits per heavy atom. The Morgan fingerprint density at radius 1 is 1.06 bits per heavy atom. The van der Waals surface area contributed by atoms with E-state index in [1.54, 1.807) is 0 Å². The summed E-state index contributed by atoms with van der Waals surface area (Å²) in [6.45, 7) is 4.25. The predicted octanol–water partition coefficient (Wildman–Crippen LogP) is 4.47. The summed E-state index contributed by atoms with van der Waals surface area (Å²) < 4.78 is 0.576. The van der Waals surface area contributed by atoms with E-state index >= 15 is 0 Å². The molecule has 0 spiro atoms. The molecule has 1 unspecified atom stereocenters. The standard InChI is InChI=1S/C14H28ClN2/c1-3-4-5-6-7-8-9-10-12-17(15)13-11-16(2)14-17/h11,13H,3-10,12,14H2,1-2H3/q+1. The molecule has 0 saturated heterocycles. The van der Waals surface area contributed by atoms with Gasteiger partial charge in [0.25, 0.3) is 0 Å². The average molecular weight is 260 g/mol. The van der Waals surface area contributed by atoms with E-state index < -0.39 is 0 Å². The van der Waals surface area contributed by atoms with Gasteiger partial charge in [0.15, 0.2) is 18.4 Å². The van der Waals surface area contributed by atoms with Crippen LogP contribution >= 0.6 is 11.8 Å². The molecule has 17 heavy (non-hydrogen) atoms. The van der Waals surface area contributed by atoms with Gasteiger partial charge < -0.3 is 4.90 Å². The smallest absolute Gasteiger partial charge is 0.175 e. The molecule has 0 amide bonds. The van der Waals surface area contributed by atoms with Gasteiger partial charge in [0.05, 0.1) is 6.20 Å². The van der Waals surface area contributed by atoms with Crippen molar-refractivity contribution < 1.29 is 4.00 Å². The van der Waals surface area contributed by atoms with Crippen LogP contribution in [0.15, 0.2) is 12.4 Å². The number of unbranched alkanes of at least 4 members (excludes halogenated alkanes) is 7. The molecular weight excluding hydrogens is 232 g/mol. The molecule has 1 aliphatic heterocycles. The van der Waals surface area contributed by atoms with Crippen LogP contribution in [0.2, 0.25) is 0 Å². The first-order valence-corrected chi connectivity index (χ1v) is 7.46. The van der Waals surface area contributed by atoms with E-state index in [1.807, 2.05) is 0 Å². The van der Waals surface area contributed by atoms with Crippen molar-refractivity contribution in [2.24, 2.45) is 0 Å². The van der Waals surface area contributed by atoms with Gasteiger partial charge in [0.1, 0.15) is 12.7 Å². The van der Waals surface area contributed by atoms with Crippen molar-refractivity contribution in [1.29, 1.82) is 0 Å². The topological polar surface area (TPSA) is 3.24 Å². The van der Waals surface area contributed by atoms with Crippen molar-refractivity contribution in [3.05, 3.63) is 12.4 Å². The first-order chi connectivity index (χ1) is 8.16. The molecule has 1 heterocycles. The minimum atomic E-state index is 0.576. The van der Waals surface area contributed by atoms with Gasteiger partial charge in [0, 0.05) is 7.05 Å². The monoisotopic (exact) mass is 259 g/mol. The maximum atomic E-state index is 6.46. The second-order valence-electron chi connectivity index (χ2n) is 5.32. The van der Waals surface area contributed by atoms with Gasteiger partial charge in [0.2, 0.25) is 0 Å². The van der Waals surface area contributed by atoms with Crippen LogP contribution in [0.5, 0.6) is 0 Å². The zero-order valence-corrected chi connectivity index (χ0v) is 12.3. The zero-order chi connectivity index (χ0) is 12.6. The lowest BCUT2D eigenvalue weighted by molar-refractivity contribution is -0.763. The van der Waals surface area contributed by atoms with E-state index in [-0.39, 0.29) is 0 Å². The van der Waals surface area contributed by atoms with Gasteiger partial charge >= 0.3 is 0 Å². The molecule has 0 saturated carbocycles. The normalized spacial score (nSPS) is 23.6. The Bertz CT molecular complexity index is 230. The summed E-state index contributed by atoms with van der Waals surface area (Å²) in [5.41, 5.74) is 0. The highest BCUT2D eigenvalue weighted by Crippen LogP contribution is 2.22. The molecule has 1 rings (SSSR count). The van der Waals surface area contributed by atoms with Crippen LogP contribution in [-0.2, 0) is 0 Å². The van der Waals surface area contributed by atoms with Gasteiger partial charge in [-0.25, -0.2) is 0 Å². The minimum absolute atomic E-state index is 0.576. The van der Waals surface area contributed by atoms with Crippen molar-refractivity contribution >= 4 is 11.8 Å². The van der Waals surface area contributed by atoms with Crippen LogP contribution in [0.4, 0.5) is 0 Å². The quantitative estimate of drug-likeness (QED) is 0.436. The largest absolute Gasteiger partial charge is 0.328 e. The first kappa shape index (κ1) is 14.8. The molecule has 0 fully saturated rings. The van der Waals surface area contributed by atoms with Gasteiger partial charge in [-0.2, -0.15) is 4.00 Å².